The van der Waals surface area contributed by atoms with Gasteiger partial charge in [-0.3, -0.25) is 4.79 Å². The SMILES string of the molecule is N[C@]1(Cl)C=CC(Cl)=C[C@H]1C(=O)c1ccccc1. The van der Waals surface area contributed by atoms with E-state index in [1.54, 1.807) is 42.5 Å². The molecule has 1 aromatic rings. The third-order valence-corrected chi connectivity index (χ3v) is 3.25. The molecule has 0 bridgehead atoms. The van der Waals surface area contributed by atoms with Gasteiger partial charge in [0, 0.05) is 10.6 Å². The van der Waals surface area contributed by atoms with Gasteiger partial charge in [0.15, 0.2) is 5.78 Å². The summed E-state index contributed by atoms with van der Waals surface area (Å²) in [5, 5.41) is 0.473. The van der Waals surface area contributed by atoms with Gasteiger partial charge in [-0.25, -0.2) is 0 Å². The highest BCUT2D eigenvalue weighted by atomic mass is 35.5. The molecule has 0 heterocycles. The molecule has 2 rings (SSSR count). The van der Waals surface area contributed by atoms with Gasteiger partial charge in [0.2, 0.25) is 0 Å². The van der Waals surface area contributed by atoms with Gasteiger partial charge < -0.3 is 5.73 Å². The van der Waals surface area contributed by atoms with Crippen molar-refractivity contribution in [3.8, 4) is 0 Å². The monoisotopic (exact) mass is 267 g/mol. The molecular formula is C13H11Cl2NO. The standard InChI is InChI=1S/C13H11Cl2NO/c14-10-6-7-13(15,16)11(8-10)12(17)9-4-2-1-3-5-9/h1-8,11H,16H2/t11-,13+/m0/s1. The third kappa shape index (κ3) is 2.60. The Morgan fingerprint density at radius 3 is 2.59 bits per heavy atom. The number of Topliss-reactive ketones (excluding diaryl/α,β-unsaturated/α-hetero) is 1. The Kier molecular flexibility index (Phi) is 3.38. The molecule has 2 N–H and O–H groups in total. The van der Waals surface area contributed by atoms with E-state index in [0.717, 1.165) is 0 Å². The van der Waals surface area contributed by atoms with E-state index >= 15 is 0 Å². The predicted octanol–water partition coefficient (Wildman–Crippen LogP) is 3.07. The van der Waals surface area contributed by atoms with Crippen molar-refractivity contribution in [2.45, 2.75) is 5.00 Å². The molecule has 0 amide bonds. The summed E-state index contributed by atoms with van der Waals surface area (Å²) in [6.07, 6.45) is 4.73. The Morgan fingerprint density at radius 2 is 1.94 bits per heavy atom. The number of allylic oxidation sites excluding steroid dienone is 2. The van der Waals surface area contributed by atoms with Crippen molar-refractivity contribution < 1.29 is 4.79 Å². The highest BCUT2D eigenvalue weighted by molar-refractivity contribution is 6.33. The molecule has 17 heavy (non-hydrogen) atoms. The molecule has 0 fully saturated rings. The molecule has 88 valence electrons. The van der Waals surface area contributed by atoms with Crippen molar-refractivity contribution >= 4 is 29.0 Å². The normalized spacial score (nSPS) is 27.7. The fourth-order valence-electron chi connectivity index (χ4n) is 1.71. The minimum atomic E-state index is -1.22. The van der Waals surface area contributed by atoms with E-state index in [1.165, 1.54) is 0 Å². The fourth-order valence-corrected chi connectivity index (χ4v) is 2.13. The molecule has 0 radical (unpaired) electrons. The van der Waals surface area contributed by atoms with Crippen LogP contribution >= 0.6 is 23.2 Å². The number of ketones is 1. The van der Waals surface area contributed by atoms with E-state index < -0.39 is 10.9 Å². The topological polar surface area (TPSA) is 43.1 Å². The Morgan fingerprint density at radius 1 is 1.29 bits per heavy atom. The second-order valence-corrected chi connectivity index (χ2v) is 5.01. The lowest BCUT2D eigenvalue weighted by atomic mass is 9.87. The highest BCUT2D eigenvalue weighted by Gasteiger charge is 2.37. The summed E-state index contributed by atoms with van der Waals surface area (Å²) in [5.41, 5.74) is 6.45. The molecule has 4 heteroatoms. The molecule has 0 unspecified atom stereocenters. The lowest BCUT2D eigenvalue weighted by Gasteiger charge is -2.28. The summed E-state index contributed by atoms with van der Waals surface area (Å²) in [6, 6.07) is 8.90. The lowest BCUT2D eigenvalue weighted by Crippen LogP contribution is -2.44. The van der Waals surface area contributed by atoms with E-state index in [2.05, 4.69) is 0 Å². The summed E-state index contributed by atoms with van der Waals surface area (Å²) in [6.45, 7) is 0. The van der Waals surface area contributed by atoms with Crippen molar-refractivity contribution in [1.29, 1.82) is 0 Å². The molecule has 0 aliphatic heterocycles. The van der Waals surface area contributed by atoms with Crippen LogP contribution < -0.4 is 5.73 Å². The summed E-state index contributed by atoms with van der Waals surface area (Å²) >= 11 is 12.0. The molecule has 0 saturated carbocycles. The van der Waals surface area contributed by atoms with Crippen molar-refractivity contribution in [3.63, 3.8) is 0 Å². The minimum Gasteiger partial charge on any atom is -0.309 e. The van der Waals surface area contributed by atoms with Crippen LogP contribution in [0.4, 0.5) is 0 Å². The van der Waals surface area contributed by atoms with Crippen LogP contribution in [0.5, 0.6) is 0 Å². The van der Waals surface area contributed by atoms with Crippen LogP contribution in [0.3, 0.4) is 0 Å². The van der Waals surface area contributed by atoms with Gasteiger partial charge in [-0.1, -0.05) is 59.6 Å². The lowest BCUT2D eigenvalue weighted by molar-refractivity contribution is 0.0930. The molecule has 2 atom stereocenters. The number of nitrogens with two attached hydrogens (primary N) is 1. The first-order valence-corrected chi connectivity index (χ1v) is 5.90. The average molecular weight is 268 g/mol. The maximum Gasteiger partial charge on any atom is 0.173 e. The quantitative estimate of drug-likeness (QED) is 0.509. The number of carbonyl (C=O) groups excluding carboxylic acids is 1. The van der Waals surface area contributed by atoms with Gasteiger partial charge in [-0.2, -0.15) is 0 Å². The van der Waals surface area contributed by atoms with Crippen LogP contribution in [0.1, 0.15) is 10.4 Å². The van der Waals surface area contributed by atoms with Crippen LogP contribution in [0.2, 0.25) is 0 Å². The van der Waals surface area contributed by atoms with Gasteiger partial charge >= 0.3 is 0 Å². The number of hydrogen-bond donors (Lipinski definition) is 1. The minimum absolute atomic E-state index is 0.134. The summed E-state index contributed by atoms with van der Waals surface area (Å²) in [5.74, 6) is -0.783. The third-order valence-electron chi connectivity index (χ3n) is 2.64. The molecule has 2 nitrogen and oxygen atoms in total. The number of benzene rings is 1. The van der Waals surface area contributed by atoms with E-state index in [9.17, 15) is 4.79 Å². The van der Waals surface area contributed by atoms with Crippen molar-refractivity contribution in [3.05, 3.63) is 59.2 Å². The first-order chi connectivity index (χ1) is 8.00. The van der Waals surface area contributed by atoms with E-state index in [-0.39, 0.29) is 5.78 Å². The average Bonchev–Trinajstić information content (AvgIpc) is 2.33. The molecule has 1 aromatic carbocycles. The molecular weight excluding hydrogens is 257 g/mol. The number of hydrogen-bond acceptors (Lipinski definition) is 2. The molecule has 0 aromatic heterocycles. The second-order valence-electron chi connectivity index (χ2n) is 3.92. The Bertz CT molecular complexity index is 491. The summed E-state index contributed by atoms with van der Waals surface area (Å²) in [4.78, 5) is 11.0. The summed E-state index contributed by atoms with van der Waals surface area (Å²) < 4.78 is 0. The zero-order chi connectivity index (χ0) is 12.5. The van der Waals surface area contributed by atoms with E-state index in [1.807, 2.05) is 6.07 Å². The Balaban J connectivity index is 2.34. The number of halogens is 2. The zero-order valence-electron chi connectivity index (χ0n) is 8.94. The Hall–Kier alpha value is -1.09. The number of carbonyl (C=O) groups is 1. The van der Waals surface area contributed by atoms with Gasteiger partial charge in [-0.05, 0) is 12.2 Å². The maximum absolute atomic E-state index is 12.3. The van der Waals surface area contributed by atoms with Crippen LogP contribution in [0, 0.1) is 5.92 Å². The van der Waals surface area contributed by atoms with E-state index in [4.69, 9.17) is 28.9 Å². The maximum atomic E-state index is 12.3. The van der Waals surface area contributed by atoms with E-state index in [0.29, 0.717) is 10.6 Å². The molecule has 1 aliphatic rings. The van der Waals surface area contributed by atoms with Crippen LogP contribution in [0.15, 0.2) is 53.6 Å². The highest BCUT2D eigenvalue weighted by Crippen LogP contribution is 2.32. The molecule has 1 aliphatic carbocycles. The molecule has 0 saturated heterocycles. The van der Waals surface area contributed by atoms with Crippen LogP contribution in [-0.2, 0) is 0 Å². The first kappa shape index (κ1) is 12.4. The largest absolute Gasteiger partial charge is 0.309 e. The zero-order valence-corrected chi connectivity index (χ0v) is 10.4. The van der Waals surface area contributed by atoms with Crippen molar-refractivity contribution in [2.75, 3.05) is 0 Å². The van der Waals surface area contributed by atoms with Crippen LogP contribution in [-0.4, -0.2) is 10.8 Å². The second kappa shape index (κ2) is 4.65. The van der Waals surface area contributed by atoms with Gasteiger partial charge in [0.25, 0.3) is 0 Å². The van der Waals surface area contributed by atoms with Crippen molar-refractivity contribution in [1.82, 2.24) is 0 Å². The predicted molar refractivity (Wildman–Crippen MR) is 70.1 cm³/mol. The van der Waals surface area contributed by atoms with Gasteiger partial charge in [0.1, 0.15) is 5.00 Å². The number of rotatable bonds is 2. The molecule has 0 spiro atoms. The summed E-state index contributed by atoms with van der Waals surface area (Å²) in [7, 11) is 0. The van der Waals surface area contributed by atoms with Crippen LogP contribution in [0.25, 0.3) is 0 Å². The van der Waals surface area contributed by atoms with Gasteiger partial charge in [-0.15, -0.1) is 0 Å². The Labute approximate surface area is 110 Å². The first-order valence-electron chi connectivity index (χ1n) is 5.14. The fraction of sp³-hybridized carbons (Fsp3) is 0.154. The van der Waals surface area contributed by atoms with Crippen molar-refractivity contribution in [2.24, 2.45) is 11.7 Å². The smallest absolute Gasteiger partial charge is 0.173 e. The number of alkyl halides is 1. The van der Waals surface area contributed by atoms with Gasteiger partial charge in [0.05, 0.1) is 5.92 Å².